The minimum Gasteiger partial charge on any atom is -0.367 e. The number of piperazine rings is 1. The van der Waals surface area contributed by atoms with E-state index >= 15 is 0 Å². The third-order valence-corrected chi connectivity index (χ3v) is 7.63. The number of carbonyl (C=O) groups excluding carboxylic acids is 1. The molecule has 6 nitrogen and oxygen atoms in total. The van der Waals surface area contributed by atoms with E-state index in [0.717, 1.165) is 48.3 Å². The van der Waals surface area contributed by atoms with Crippen molar-refractivity contribution in [2.24, 2.45) is 0 Å². The smallest absolute Gasteiger partial charge is 0.261 e. The first kappa shape index (κ1) is 22.6. The number of anilines is 1. The van der Waals surface area contributed by atoms with Gasteiger partial charge in [-0.25, -0.2) is 4.39 Å². The zero-order valence-corrected chi connectivity index (χ0v) is 19.9. The van der Waals surface area contributed by atoms with E-state index in [0.29, 0.717) is 29.0 Å². The number of nitrogens with one attached hydrogen (secondary N) is 1. The molecule has 1 saturated heterocycles. The second-order valence-electron chi connectivity index (χ2n) is 8.46. The summed E-state index contributed by atoms with van der Waals surface area (Å²) in [6, 6.07) is 16.4. The number of fused-ring (bicyclic) bond motifs is 3. The number of carbonyl (C=O) groups is 1. The van der Waals surface area contributed by atoms with Crippen molar-refractivity contribution in [2.45, 2.75) is 13.5 Å². The van der Waals surface area contributed by atoms with Gasteiger partial charge < -0.3 is 14.8 Å². The number of thiophene rings is 1. The molecule has 8 heteroatoms. The van der Waals surface area contributed by atoms with Gasteiger partial charge in [0.25, 0.3) is 11.5 Å². The van der Waals surface area contributed by atoms with Crippen LogP contribution in [0, 0.1) is 5.82 Å². The van der Waals surface area contributed by atoms with Crippen LogP contribution in [0.2, 0.25) is 0 Å². The summed E-state index contributed by atoms with van der Waals surface area (Å²) < 4.78 is 16.6. The van der Waals surface area contributed by atoms with E-state index in [1.807, 2.05) is 43.3 Å². The van der Waals surface area contributed by atoms with Crippen molar-refractivity contribution in [3.05, 3.63) is 75.6 Å². The third-order valence-electron chi connectivity index (χ3n) is 6.47. The minimum absolute atomic E-state index is 0.0563. The van der Waals surface area contributed by atoms with E-state index in [-0.39, 0.29) is 17.3 Å². The summed E-state index contributed by atoms with van der Waals surface area (Å²) in [6.45, 7) is 6.92. The summed E-state index contributed by atoms with van der Waals surface area (Å²) in [5.74, 6) is -0.345. The molecule has 0 radical (unpaired) electrons. The van der Waals surface area contributed by atoms with Gasteiger partial charge in [0.15, 0.2) is 0 Å². The van der Waals surface area contributed by atoms with Crippen LogP contribution in [0.3, 0.4) is 0 Å². The second-order valence-corrected chi connectivity index (χ2v) is 9.51. The maximum atomic E-state index is 14.0. The molecule has 0 bridgehead atoms. The molecule has 1 amide bonds. The average molecular weight is 479 g/mol. The standard InChI is InChI=1S/C26H27FN4O2S/c1-2-31-21-9-5-3-7-18(21)24-19(26(31)33)17-23(34-24)25(32)28-11-12-29-13-15-30(16-14-29)22-10-6-4-8-20(22)27/h3-10,17H,2,11-16H2,1H3,(H,28,32). The Balaban J connectivity index is 1.22. The number of hydrogen-bond donors (Lipinski definition) is 1. The van der Waals surface area contributed by atoms with Gasteiger partial charge in [-0.3, -0.25) is 14.5 Å². The van der Waals surface area contributed by atoms with Gasteiger partial charge >= 0.3 is 0 Å². The Kier molecular flexibility index (Phi) is 6.34. The first-order valence-electron chi connectivity index (χ1n) is 11.6. The first-order chi connectivity index (χ1) is 16.6. The molecule has 0 saturated carbocycles. The summed E-state index contributed by atoms with van der Waals surface area (Å²) in [6.07, 6.45) is 0. The highest BCUT2D eigenvalue weighted by Gasteiger charge is 2.20. The van der Waals surface area contributed by atoms with Crippen LogP contribution in [0.4, 0.5) is 10.1 Å². The maximum absolute atomic E-state index is 14.0. The van der Waals surface area contributed by atoms with Gasteiger partial charge in [0.05, 0.1) is 21.5 Å². The largest absolute Gasteiger partial charge is 0.367 e. The third kappa shape index (κ3) is 4.19. The zero-order valence-electron chi connectivity index (χ0n) is 19.1. The van der Waals surface area contributed by atoms with Crippen LogP contribution < -0.4 is 15.8 Å². The number of aromatic nitrogens is 1. The van der Waals surface area contributed by atoms with Crippen molar-refractivity contribution >= 4 is 43.9 Å². The number of para-hydroxylation sites is 2. The van der Waals surface area contributed by atoms with Gasteiger partial charge in [0, 0.05) is 55.9 Å². The molecule has 0 aliphatic carbocycles. The number of halogens is 1. The van der Waals surface area contributed by atoms with Gasteiger partial charge in [-0.2, -0.15) is 0 Å². The van der Waals surface area contributed by atoms with Gasteiger partial charge in [-0.05, 0) is 31.2 Å². The number of rotatable bonds is 6. The molecule has 1 aliphatic rings. The minimum atomic E-state index is -0.190. The summed E-state index contributed by atoms with van der Waals surface area (Å²) in [7, 11) is 0. The Morgan fingerprint density at radius 3 is 2.53 bits per heavy atom. The Bertz CT molecular complexity index is 1410. The highest BCUT2D eigenvalue weighted by atomic mass is 32.1. The van der Waals surface area contributed by atoms with Crippen molar-refractivity contribution in [2.75, 3.05) is 44.2 Å². The van der Waals surface area contributed by atoms with Crippen molar-refractivity contribution in [3.8, 4) is 0 Å². The Morgan fingerprint density at radius 1 is 1.03 bits per heavy atom. The molecule has 3 heterocycles. The topological polar surface area (TPSA) is 57.6 Å². The summed E-state index contributed by atoms with van der Waals surface area (Å²) in [5, 5.41) is 4.60. The van der Waals surface area contributed by atoms with Crippen LogP contribution in [0.1, 0.15) is 16.6 Å². The number of amides is 1. The molecule has 0 spiro atoms. The van der Waals surface area contributed by atoms with Crippen LogP contribution in [0.25, 0.3) is 21.0 Å². The molecular formula is C26H27FN4O2S. The van der Waals surface area contributed by atoms with Gasteiger partial charge in [-0.15, -0.1) is 11.3 Å². The first-order valence-corrected chi connectivity index (χ1v) is 12.4. The van der Waals surface area contributed by atoms with Crippen molar-refractivity contribution < 1.29 is 9.18 Å². The monoisotopic (exact) mass is 478 g/mol. The quantitative estimate of drug-likeness (QED) is 0.456. The number of nitrogens with zero attached hydrogens (tertiary/aromatic N) is 3. The lowest BCUT2D eigenvalue weighted by molar-refractivity contribution is 0.0952. The van der Waals surface area contributed by atoms with E-state index in [4.69, 9.17) is 0 Å². The van der Waals surface area contributed by atoms with Crippen LogP contribution in [0.15, 0.2) is 59.4 Å². The molecule has 2 aromatic carbocycles. The maximum Gasteiger partial charge on any atom is 0.261 e. The molecule has 4 aromatic rings. The lowest BCUT2D eigenvalue weighted by atomic mass is 10.1. The van der Waals surface area contributed by atoms with Gasteiger partial charge in [0.1, 0.15) is 5.82 Å². The van der Waals surface area contributed by atoms with Crippen LogP contribution in [-0.4, -0.2) is 54.6 Å². The highest BCUT2D eigenvalue weighted by Crippen LogP contribution is 2.30. The van der Waals surface area contributed by atoms with Crippen molar-refractivity contribution in [1.29, 1.82) is 0 Å². The fourth-order valence-corrected chi connectivity index (χ4v) is 5.77. The predicted octanol–water partition coefficient (Wildman–Crippen LogP) is 3.93. The Morgan fingerprint density at radius 2 is 1.76 bits per heavy atom. The second kappa shape index (κ2) is 9.56. The summed E-state index contributed by atoms with van der Waals surface area (Å²) >= 11 is 1.37. The normalized spacial score (nSPS) is 14.7. The van der Waals surface area contributed by atoms with Crippen molar-refractivity contribution in [1.82, 2.24) is 14.8 Å². The van der Waals surface area contributed by atoms with Crippen LogP contribution in [-0.2, 0) is 6.54 Å². The van der Waals surface area contributed by atoms with E-state index < -0.39 is 0 Å². The molecule has 0 unspecified atom stereocenters. The lowest BCUT2D eigenvalue weighted by Gasteiger charge is -2.36. The Labute approximate surface area is 201 Å². The molecular weight excluding hydrogens is 451 g/mol. The highest BCUT2D eigenvalue weighted by molar-refractivity contribution is 7.21. The zero-order chi connectivity index (χ0) is 23.7. The number of pyridine rings is 1. The average Bonchev–Trinajstić information content (AvgIpc) is 3.32. The summed E-state index contributed by atoms with van der Waals surface area (Å²) in [5.41, 5.74) is 1.49. The van der Waals surface area contributed by atoms with E-state index in [1.165, 1.54) is 17.4 Å². The van der Waals surface area contributed by atoms with Gasteiger partial charge in [-0.1, -0.05) is 30.3 Å². The fourth-order valence-electron chi connectivity index (χ4n) is 4.67. The molecule has 2 aromatic heterocycles. The molecule has 1 aliphatic heterocycles. The molecule has 0 atom stereocenters. The van der Waals surface area contributed by atoms with Crippen molar-refractivity contribution in [3.63, 3.8) is 0 Å². The molecule has 1 fully saturated rings. The fraction of sp³-hybridized carbons (Fsp3) is 0.308. The Hall–Kier alpha value is -3.23. The predicted molar refractivity (Wildman–Crippen MR) is 137 cm³/mol. The molecule has 5 rings (SSSR count). The number of hydrogen-bond acceptors (Lipinski definition) is 5. The van der Waals surface area contributed by atoms with Crippen LogP contribution in [0.5, 0.6) is 0 Å². The van der Waals surface area contributed by atoms with E-state index in [1.54, 1.807) is 16.7 Å². The molecule has 1 N–H and O–H groups in total. The lowest BCUT2D eigenvalue weighted by Crippen LogP contribution is -2.48. The number of benzene rings is 2. The van der Waals surface area contributed by atoms with E-state index in [9.17, 15) is 14.0 Å². The molecule has 176 valence electrons. The number of aryl methyl sites for hydroxylation is 1. The SMILES string of the molecule is CCn1c(=O)c2cc(C(=O)NCCN3CCN(c4ccccc4F)CC3)sc2c2ccccc21. The summed E-state index contributed by atoms with van der Waals surface area (Å²) in [4.78, 5) is 30.7. The van der Waals surface area contributed by atoms with Gasteiger partial charge in [0.2, 0.25) is 0 Å². The van der Waals surface area contributed by atoms with Crippen LogP contribution >= 0.6 is 11.3 Å². The molecule has 34 heavy (non-hydrogen) atoms. The van der Waals surface area contributed by atoms with E-state index in [2.05, 4.69) is 15.1 Å².